The number of rotatable bonds is 19. The van der Waals surface area contributed by atoms with Gasteiger partial charge in [0.05, 0.1) is 17.7 Å². The van der Waals surface area contributed by atoms with Gasteiger partial charge in [-0.25, -0.2) is 9.59 Å². The summed E-state index contributed by atoms with van der Waals surface area (Å²) in [5, 5.41) is 0. The molecule has 0 amide bonds. The molecule has 0 aliphatic rings. The van der Waals surface area contributed by atoms with Crippen molar-refractivity contribution in [3.63, 3.8) is 0 Å². The largest absolute Gasteiger partial charge is 0.462 e. The first-order valence-electron chi connectivity index (χ1n) is 13.1. The fraction of sp³-hybridized carbons (Fsp3) is 0.714. The average molecular weight is 447 g/mol. The van der Waals surface area contributed by atoms with Crippen molar-refractivity contribution in [2.75, 3.05) is 6.61 Å². The van der Waals surface area contributed by atoms with E-state index in [0.29, 0.717) is 17.7 Å². The van der Waals surface area contributed by atoms with Crippen LogP contribution in [0, 0.1) is 0 Å². The third-order valence-corrected chi connectivity index (χ3v) is 5.90. The fourth-order valence-corrected chi connectivity index (χ4v) is 3.85. The predicted molar refractivity (Wildman–Crippen MR) is 132 cm³/mol. The van der Waals surface area contributed by atoms with E-state index < -0.39 is 0 Å². The van der Waals surface area contributed by atoms with Gasteiger partial charge in [0.25, 0.3) is 0 Å². The van der Waals surface area contributed by atoms with Crippen molar-refractivity contribution in [1.29, 1.82) is 0 Å². The lowest BCUT2D eigenvalue weighted by Crippen LogP contribution is -2.18. The first kappa shape index (κ1) is 28.2. The van der Waals surface area contributed by atoms with Crippen LogP contribution in [0.3, 0.4) is 0 Å². The minimum Gasteiger partial charge on any atom is -0.462 e. The smallest absolute Gasteiger partial charge is 0.338 e. The van der Waals surface area contributed by atoms with Gasteiger partial charge in [0.1, 0.15) is 6.10 Å². The Hall–Kier alpha value is -1.84. The molecule has 1 rings (SSSR count). The summed E-state index contributed by atoms with van der Waals surface area (Å²) in [7, 11) is 0. The van der Waals surface area contributed by atoms with Crippen molar-refractivity contribution in [1.82, 2.24) is 0 Å². The molecule has 0 aromatic heterocycles. The Morgan fingerprint density at radius 1 is 0.719 bits per heavy atom. The number of hydrogen-bond acceptors (Lipinski definition) is 4. The van der Waals surface area contributed by atoms with Gasteiger partial charge in [-0.3, -0.25) is 0 Å². The highest BCUT2D eigenvalue weighted by atomic mass is 16.5. The molecule has 0 heterocycles. The summed E-state index contributed by atoms with van der Waals surface area (Å²) in [6.45, 7) is 6.77. The first-order valence-corrected chi connectivity index (χ1v) is 13.1. The molecule has 1 aromatic rings. The average Bonchev–Trinajstić information content (AvgIpc) is 2.81. The summed E-state index contributed by atoms with van der Waals surface area (Å²) in [6, 6.07) is 6.65. The molecular formula is C28H46O4. The van der Waals surface area contributed by atoms with Gasteiger partial charge in [0.2, 0.25) is 0 Å². The van der Waals surface area contributed by atoms with Crippen molar-refractivity contribution in [3.05, 3.63) is 35.4 Å². The highest BCUT2D eigenvalue weighted by Gasteiger charge is 2.16. The number of carbonyl (C=O) groups is 2. The van der Waals surface area contributed by atoms with Gasteiger partial charge >= 0.3 is 11.9 Å². The van der Waals surface area contributed by atoms with Gasteiger partial charge in [0.15, 0.2) is 0 Å². The molecule has 0 bridgehead atoms. The molecule has 0 N–H and O–H groups in total. The molecule has 0 spiro atoms. The van der Waals surface area contributed by atoms with E-state index in [-0.39, 0.29) is 18.0 Å². The van der Waals surface area contributed by atoms with Crippen LogP contribution in [0.4, 0.5) is 0 Å². The Kier molecular flexibility index (Phi) is 16.5. The van der Waals surface area contributed by atoms with Crippen molar-refractivity contribution in [2.24, 2.45) is 0 Å². The van der Waals surface area contributed by atoms with Gasteiger partial charge in [-0.1, -0.05) is 104 Å². The number of esters is 2. The fourth-order valence-electron chi connectivity index (χ4n) is 3.85. The maximum Gasteiger partial charge on any atom is 0.338 e. The second kappa shape index (κ2) is 18.7. The molecule has 1 unspecified atom stereocenters. The minimum absolute atomic E-state index is 0.0751. The molecule has 32 heavy (non-hydrogen) atoms. The van der Waals surface area contributed by atoms with E-state index in [1.807, 2.05) is 6.92 Å². The number of hydrogen-bond donors (Lipinski definition) is 0. The summed E-state index contributed by atoms with van der Waals surface area (Å²) in [5.74, 6) is -0.746. The lowest BCUT2D eigenvalue weighted by molar-refractivity contribution is 0.0271. The molecule has 182 valence electrons. The molecule has 0 aliphatic carbocycles. The number of unbranched alkanes of at least 4 members (excludes halogenated alkanes) is 11. The Bertz CT molecular complexity index is 626. The van der Waals surface area contributed by atoms with Gasteiger partial charge in [0, 0.05) is 0 Å². The third kappa shape index (κ3) is 12.9. The number of benzene rings is 1. The summed E-state index contributed by atoms with van der Waals surface area (Å²) < 4.78 is 11.0. The summed E-state index contributed by atoms with van der Waals surface area (Å²) >= 11 is 0. The van der Waals surface area contributed by atoms with E-state index in [9.17, 15) is 9.59 Å². The topological polar surface area (TPSA) is 52.6 Å². The summed E-state index contributed by atoms with van der Waals surface area (Å²) in [5.41, 5.74) is 0.807. The molecule has 0 fully saturated rings. The monoisotopic (exact) mass is 446 g/mol. The van der Waals surface area contributed by atoms with Crippen LogP contribution in [0.5, 0.6) is 0 Å². The van der Waals surface area contributed by atoms with Crippen LogP contribution in [-0.4, -0.2) is 24.6 Å². The Labute approximate surface area is 196 Å². The molecular weight excluding hydrogens is 400 g/mol. The Morgan fingerprint density at radius 2 is 1.25 bits per heavy atom. The zero-order valence-electron chi connectivity index (χ0n) is 20.8. The second-order valence-corrected chi connectivity index (χ2v) is 8.83. The van der Waals surface area contributed by atoms with Crippen LogP contribution in [0.25, 0.3) is 0 Å². The Balaban J connectivity index is 2.18. The zero-order chi connectivity index (χ0) is 23.4. The van der Waals surface area contributed by atoms with Crippen molar-refractivity contribution < 1.29 is 19.1 Å². The third-order valence-electron chi connectivity index (χ3n) is 5.90. The maximum atomic E-state index is 12.4. The minimum atomic E-state index is -0.374. The Morgan fingerprint density at radius 3 is 1.78 bits per heavy atom. The number of ether oxygens (including phenoxy) is 2. The van der Waals surface area contributed by atoms with Crippen LogP contribution < -0.4 is 0 Å². The summed E-state index contributed by atoms with van der Waals surface area (Å²) in [4.78, 5) is 24.7. The van der Waals surface area contributed by atoms with E-state index in [0.717, 1.165) is 32.1 Å². The normalized spacial score (nSPS) is 11.8. The van der Waals surface area contributed by atoms with E-state index in [4.69, 9.17) is 9.47 Å². The zero-order valence-corrected chi connectivity index (χ0v) is 20.8. The van der Waals surface area contributed by atoms with Crippen LogP contribution >= 0.6 is 0 Å². The maximum absolute atomic E-state index is 12.4. The van der Waals surface area contributed by atoms with E-state index in [2.05, 4.69) is 13.8 Å². The van der Waals surface area contributed by atoms with Crippen molar-refractivity contribution in [2.45, 2.75) is 123 Å². The first-order chi connectivity index (χ1) is 15.6. The summed E-state index contributed by atoms with van der Waals surface area (Å²) in [6.07, 6.45) is 17.9. The van der Waals surface area contributed by atoms with Gasteiger partial charge in [-0.2, -0.15) is 0 Å². The highest BCUT2D eigenvalue weighted by molar-refractivity contribution is 5.95. The van der Waals surface area contributed by atoms with Crippen LogP contribution in [0.1, 0.15) is 138 Å². The molecule has 0 saturated heterocycles. The van der Waals surface area contributed by atoms with Gasteiger partial charge < -0.3 is 9.47 Å². The lowest BCUT2D eigenvalue weighted by atomic mass is 10.1. The highest BCUT2D eigenvalue weighted by Crippen LogP contribution is 2.14. The van der Waals surface area contributed by atoms with Crippen LogP contribution in [0.15, 0.2) is 24.3 Å². The van der Waals surface area contributed by atoms with E-state index in [1.54, 1.807) is 24.3 Å². The van der Waals surface area contributed by atoms with Crippen molar-refractivity contribution >= 4 is 11.9 Å². The lowest BCUT2D eigenvalue weighted by Gasteiger charge is -2.15. The molecule has 4 nitrogen and oxygen atoms in total. The molecule has 0 radical (unpaired) electrons. The molecule has 0 aliphatic heterocycles. The second-order valence-electron chi connectivity index (χ2n) is 8.83. The van der Waals surface area contributed by atoms with Crippen LogP contribution in [0.2, 0.25) is 0 Å². The van der Waals surface area contributed by atoms with E-state index >= 15 is 0 Å². The molecule has 1 aromatic carbocycles. The molecule has 1 atom stereocenters. The number of carbonyl (C=O) groups excluding carboxylic acids is 2. The van der Waals surface area contributed by atoms with E-state index in [1.165, 1.54) is 64.2 Å². The van der Waals surface area contributed by atoms with Crippen LogP contribution in [-0.2, 0) is 9.47 Å². The predicted octanol–water partition coefficient (Wildman–Crippen LogP) is 8.28. The van der Waals surface area contributed by atoms with Crippen molar-refractivity contribution in [3.8, 4) is 0 Å². The quantitative estimate of drug-likeness (QED) is 0.158. The molecule has 4 heteroatoms. The van der Waals surface area contributed by atoms with Gasteiger partial charge in [-0.05, 0) is 37.5 Å². The van der Waals surface area contributed by atoms with Gasteiger partial charge in [-0.15, -0.1) is 0 Å². The molecule has 0 saturated carbocycles. The SMILES string of the molecule is CCCCCCCCCCCCCCOC(=O)c1cccc(C(=O)OC(CC)CCC)c1. The standard InChI is InChI=1S/C28H46O4/c1-4-7-8-9-10-11-12-13-14-15-16-17-22-31-27(29)24-20-18-21-25(23-24)28(30)32-26(6-3)19-5-2/h18,20-21,23,26H,4-17,19,22H2,1-3H3.